The second kappa shape index (κ2) is 9.38. The van der Waals surface area contributed by atoms with Gasteiger partial charge in [-0.15, -0.1) is 0 Å². The van der Waals surface area contributed by atoms with E-state index < -0.39 is 23.8 Å². The average molecular weight is 373 g/mol. The van der Waals surface area contributed by atoms with E-state index in [-0.39, 0.29) is 5.69 Å². The number of hydrogen-bond donors (Lipinski definition) is 1. The number of rotatable bonds is 7. The number of carbonyl (C=O) groups excluding carboxylic acids is 2. The molecule has 2 aromatic rings. The van der Waals surface area contributed by atoms with Crippen molar-refractivity contribution in [2.45, 2.75) is 13.0 Å². The van der Waals surface area contributed by atoms with E-state index in [4.69, 9.17) is 14.2 Å². The Kier molecular flexibility index (Phi) is 6.93. The fraction of sp³-hybridized carbons (Fsp3) is 0.200. The van der Waals surface area contributed by atoms with Gasteiger partial charge in [0.2, 0.25) is 0 Å². The zero-order valence-electron chi connectivity index (χ0n) is 15.2. The van der Waals surface area contributed by atoms with Crippen molar-refractivity contribution in [3.63, 3.8) is 0 Å². The van der Waals surface area contributed by atoms with Gasteiger partial charge in [0.25, 0.3) is 5.91 Å². The smallest absolute Gasteiger partial charge is 0.331 e. The number of benzene rings is 2. The number of para-hydroxylation sites is 1. The number of halogens is 1. The van der Waals surface area contributed by atoms with Crippen LogP contribution in [0.3, 0.4) is 0 Å². The molecule has 1 atom stereocenters. The highest BCUT2D eigenvalue weighted by Gasteiger charge is 2.18. The van der Waals surface area contributed by atoms with Crippen LogP contribution in [0.4, 0.5) is 10.1 Å². The molecule has 1 N–H and O–H groups in total. The Morgan fingerprint density at radius 3 is 2.52 bits per heavy atom. The molecule has 0 aliphatic carbocycles. The summed E-state index contributed by atoms with van der Waals surface area (Å²) in [6.45, 7) is 1.40. The summed E-state index contributed by atoms with van der Waals surface area (Å²) in [7, 11) is 3.04. The monoisotopic (exact) mass is 373 g/mol. The SMILES string of the molecule is COc1ccc(/C=C/C(=O)O[C@@H](C)C(=O)Nc2ccccc2F)c(OC)c1. The minimum atomic E-state index is -1.10. The van der Waals surface area contributed by atoms with Gasteiger partial charge >= 0.3 is 5.97 Å². The molecule has 0 bridgehead atoms. The molecule has 6 nitrogen and oxygen atoms in total. The maximum absolute atomic E-state index is 13.6. The third kappa shape index (κ3) is 5.57. The largest absolute Gasteiger partial charge is 0.497 e. The van der Waals surface area contributed by atoms with E-state index in [2.05, 4.69) is 5.32 Å². The van der Waals surface area contributed by atoms with Crippen molar-refractivity contribution >= 4 is 23.6 Å². The maximum atomic E-state index is 13.6. The quantitative estimate of drug-likeness (QED) is 0.595. The van der Waals surface area contributed by atoms with Crippen LogP contribution in [0.15, 0.2) is 48.5 Å². The number of carbonyl (C=O) groups is 2. The zero-order valence-corrected chi connectivity index (χ0v) is 15.2. The highest BCUT2D eigenvalue weighted by molar-refractivity contribution is 5.96. The van der Waals surface area contributed by atoms with Crippen molar-refractivity contribution in [1.29, 1.82) is 0 Å². The standard InChI is InChI=1S/C20H20FNO5/c1-13(20(24)22-17-7-5-4-6-16(17)21)27-19(23)11-9-14-8-10-15(25-2)12-18(14)26-3/h4-13H,1-3H3,(H,22,24)/b11-9+/t13-/m0/s1. The van der Waals surface area contributed by atoms with Crippen molar-refractivity contribution in [2.24, 2.45) is 0 Å². The molecule has 0 heterocycles. The fourth-order valence-electron chi connectivity index (χ4n) is 2.18. The lowest BCUT2D eigenvalue weighted by atomic mass is 10.1. The van der Waals surface area contributed by atoms with Gasteiger partial charge in [-0.3, -0.25) is 4.79 Å². The Bertz CT molecular complexity index is 850. The van der Waals surface area contributed by atoms with Crippen LogP contribution in [-0.2, 0) is 14.3 Å². The molecule has 1 amide bonds. The Morgan fingerprint density at radius 2 is 1.85 bits per heavy atom. The molecule has 142 valence electrons. The van der Waals surface area contributed by atoms with Gasteiger partial charge in [0.05, 0.1) is 19.9 Å². The van der Waals surface area contributed by atoms with E-state index in [9.17, 15) is 14.0 Å². The van der Waals surface area contributed by atoms with Crippen LogP contribution < -0.4 is 14.8 Å². The predicted molar refractivity (Wildman–Crippen MR) is 99.2 cm³/mol. The summed E-state index contributed by atoms with van der Waals surface area (Å²) < 4.78 is 28.9. The molecule has 0 unspecified atom stereocenters. The lowest BCUT2D eigenvalue weighted by molar-refractivity contribution is -0.148. The first-order valence-corrected chi connectivity index (χ1v) is 8.10. The second-order valence-electron chi connectivity index (χ2n) is 5.49. The molecular weight excluding hydrogens is 353 g/mol. The summed E-state index contributed by atoms with van der Waals surface area (Å²) in [6.07, 6.45) is 1.58. The van der Waals surface area contributed by atoms with Crippen molar-refractivity contribution in [3.05, 3.63) is 59.9 Å². The van der Waals surface area contributed by atoms with Gasteiger partial charge in [-0.1, -0.05) is 12.1 Å². The normalized spacial score (nSPS) is 11.7. The molecular formula is C20H20FNO5. The highest BCUT2D eigenvalue weighted by atomic mass is 19.1. The highest BCUT2D eigenvalue weighted by Crippen LogP contribution is 2.25. The fourth-order valence-corrected chi connectivity index (χ4v) is 2.18. The van der Waals surface area contributed by atoms with Crippen LogP contribution in [0.2, 0.25) is 0 Å². The Balaban J connectivity index is 1.97. The van der Waals surface area contributed by atoms with Gasteiger partial charge in [0.1, 0.15) is 17.3 Å². The lowest BCUT2D eigenvalue weighted by Crippen LogP contribution is -2.29. The summed E-state index contributed by atoms with van der Waals surface area (Å²) in [5.74, 6) is -0.794. The van der Waals surface area contributed by atoms with Crippen molar-refractivity contribution in [3.8, 4) is 11.5 Å². The molecule has 7 heteroatoms. The van der Waals surface area contributed by atoms with E-state index in [0.29, 0.717) is 17.1 Å². The first kappa shape index (κ1) is 20.0. The van der Waals surface area contributed by atoms with Crippen LogP contribution in [0.5, 0.6) is 11.5 Å². The van der Waals surface area contributed by atoms with Gasteiger partial charge in [0, 0.05) is 17.7 Å². The van der Waals surface area contributed by atoms with Gasteiger partial charge < -0.3 is 19.5 Å². The molecule has 0 aliphatic rings. The van der Waals surface area contributed by atoms with E-state index in [1.165, 1.54) is 51.5 Å². The molecule has 0 aromatic heterocycles. The minimum Gasteiger partial charge on any atom is -0.497 e. The van der Waals surface area contributed by atoms with Crippen LogP contribution >= 0.6 is 0 Å². The van der Waals surface area contributed by atoms with Gasteiger partial charge in [0.15, 0.2) is 6.10 Å². The van der Waals surface area contributed by atoms with Crippen LogP contribution in [0.1, 0.15) is 12.5 Å². The van der Waals surface area contributed by atoms with E-state index in [1.54, 1.807) is 24.3 Å². The van der Waals surface area contributed by atoms with Crippen LogP contribution in [0.25, 0.3) is 6.08 Å². The molecule has 27 heavy (non-hydrogen) atoms. The molecule has 0 spiro atoms. The number of anilines is 1. The third-order valence-electron chi connectivity index (χ3n) is 3.63. The van der Waals surface area contributed by atoms with Gasteiger partial charge in [-0.2, -0.15) is 0 Å². The minimum absolute atomic E-state index is 0.0175. The summed E-state index contributed by atoms with van der Waals surface area (Å²) in [5.41, 5.74) is 0.655. The van der Waals surface area contributed by atoms with Crippen LogP contribution in [-0.4, -0.2) is 32.2 Å². The Morgan fingerprint density at radius 1 is 1.11 bits per heavy atom. The molecule has 0 aliphatic heterocycles. The Labute approximate surface area is 156 Å². The summed E-state index contributed by atoms with van der Waals surface area (Å²) in [5, 5.41) is 2.37. The van der Waals surface area contributed by atoms with Gasteiger partial charge in [-0.25, -0.2) is 9.18 Å². The van der Waals surface area contributed by atoms with Crippen molar-refractivity contribution < 1.29 is 28.2 Å². The zero-order chi connectivity index (χ0) is 19.8. The topological polar surface area (TPSA) is 73.9 Å². The van der Waals surface area contributed by atoms with Crippen molar-refractivity contribution in [1.82, 2.24) is 0 Å². The first-order chi connectivity index (χ1) is 12.9. The molecule has 0 saturated heterocycles. The number of hydrogen-bond acceptors (Lipinski definition) is 5. The predicted octanol–water partition coefficient (Wildman–Crippen LogP) is 3.43. The number of amides is 1. The van der Waals surface area contributed by atoms with Gasteiger partial charge in [-0.05, 0) is 37.3 Å². The summed E-state index contributed by atoms with van der Waals surface area (Å²) in [4.78, 5) is 24.0. The summed E-state index contributed by atoms with van der Waals surface area (Å²) >= 11 is 0. The number of nitrogens with one attached hydrogen (secondary N) is 1. The van der Waals surface area contributed by atoms with Crippen molar-refractivity contribution in [2.75, 3.05) is 19.5 Å². The van der Waals surface area contributed by atoms with Crippen LogP contribution in [0, 0.1) is 5.82 Å². The number of methoxy groups -OCH3 is 2. The Hall–Kier alpha value is -3.35. The average Bonchev–Trinajstić information content (AvgIpc) is 2.67. The molecule has 0 fully saturated rings. The maximum Gasteiger partial charge on any atom is 0.331 e. The molecule has 2 aromatic carbocycles. The molecule has 0 radical (unpaired) electrons. The van der Waals surface area contributed by atoms with E-state index in [0.717, 1.165) is 0 Å². The summed E-state index contributed by atoms with van der Waals surface area (Å²) in [6, 6.07) is 10.8. The van der Waals surface area contributed by atoms with E-state index >= 15 is 0 Å². The number of ether oxygens (including phenoxy) is 3. The molecule has 0 saturated carbocycles. The molecule has 2 rings (SSSR count). The van der Waals surface area contributed by atoms with E-state index in [1.807, 2.05) is 0 Å². The first-order valence-electron chi connectivity index (χ1n) is 8.10. The number of esters is 1. The second-order valence-corrected chi connectivity index (χ2v) is 5.49. The lowest BCUT2D eigenvalue weighted by Gasteiger charge is -2.12. The third-order valence-corrected chi connectivity index (χ3v) is 3.63.